The van der Waals surface area contributed by atoms with Crippen molar-refractivity contribution in [3.63, 3.8) is 0 Å². The van der Waals surface area contributed by atoms with Crippen molar-refractivity contribution in [2.75, 3.05) is 18.9 Å². The molecule has 3 rings (SSSR count). The van der Waals surface area contributed by atoms with E-state index in [0.717, 1.165) is 22.3 Å². The maximum Gasteiger partial charge on any atom is 0.253 e. The van der Waals surface area contributed by atoms with Gasteiger partial charge in [-0.2, -0.15) is 0 Å². The van der Waals surface area contributed by atoms with Crippen LogP contribution in [0.5, 0.6) is 0 Å². The molecule has 0 unspecified atom stereocenters. The van der Waals surface area contributed by atoms with Crippen LogP contribution in [0.25, 0.3) is 10.9 Å². The second-order valence-electron chi connectivity index (χ2n) is 5.96. The zero-order valence-corrected chi connectivity index (χ0v) is 14.0. The summed E-state index contributed by atoms with van der Waals surface area (Å²) in [4.78, 5) is 15.3. The van der Waals surface area contributed by atoms with Gasteiger partial charge in [0.15, 0.2) is 0 Å². The topological polar surface area (TPSA) is 60.2 Å². The number of carbonyl (C=O) groups excluding carboxylic acids is 1. The van der Waals surface area contributed by atoms with Gasteiger partial charge in [0, 0.05) is 31.0 Å². The van der Waals surface area contributed by atoms with Crippen LogP contribution < -0.4 is 10.7 Å². The normalized spacial score (nSPS) is 11.0. The van der Waals surface area contributed by atoms with Crippen molar-refractivity contribution in [3.05, 3.63) is 65.9 Å². The molecule has 0 radical (unpaired) electrons. The van der Waals surface area contributed by atoms with Gasteiger partial charge in [-0.05, 0) is 47.7 Å². The fraction of sp³-hybridized carbons (Fsp3) is 0.211. The van der Waals surface area contributed by atoms with Gasteiger partial charge in [0.1, 0.15) is 0 Å². The quantitative estimate of drug-likeness (QED) is 0.611. The Morgan fingerprint density at radius 1 is 1.17 bits per heavy atom. The second-order valence-corrected chi connectivity index (χ2v) is 5.96. The number of aromatic amines is 1. The zero-order chi connectivity index (χ0) is 16.9. The summed E-state index contributed by atoms with van der Waals surface area (Å²) in [6, 6.07) is 16.2. The number of para-hydroxylation sites is 1. The Labute approximate surface area is 141 Å². The van der Waals surface area contributed by atoms with E-state index in [1.54, 1.807) is 5.01 Å². The van der Waals surface area contributed by atoms with E-state index in [9.17, 15) is 4.79 Å². The smallest absolute Gasteiger partial charge is 0.253 e. The number of rotatable bonds is 6. The first kappa shape index (κ1) is 16.1. The summed E-state index contributed by atoms with van der Waals surface area (Å²) in [6.07, 6.45) is 1.93. The third-order valence-corrected chi connectivity index (χ3v) is 3.94. The van der Waals surface area contributed by atoms with Gasteiger partial charge in [-0.25, -0.2) is 5.01 Å². The molecule has 124 valence electrons. The number of amides is 1. The molecular formula is C19H22N4O. The summed E-state index contributed by atoms with van der Waals surface area (Å²) in [5.74, 6) is -0.0662. The Kier molecular flexibility index (Phi) is 4.82. The van der Waals surface area contributed by atoms with E-state index in [4.69, 9.17) is 0 Å². The average Bonchev–Trinajstić information content (AvgIpc) is 3.01. The first-order chi connectivity index (χ1) is 11.6. The molecule has 0 spiro atoms. The number of hydrogen-bond donors (Lipinski definition) is 3. The third-order valence-electron chi connectivity index (χ3n) is 3.94. The SMILES string of the molecule is Cc1ccccc1NCC(=O)NN(C)Cc1ccc2[nH]ccc2c1. The number of aromatic nitrogens is 1. The molecular weight excluding hydrogens is 300 g/mol. The molecule has 0 atom stereocenters. The van der Waals surface area contributed by atoms with Gasteiger partial charge in [0.2, 0.25) is 0 Å². The molecule has 3 N–H and O–H groups in total. The average molecular weight is 322 g/mol. The maximum atomic E-state index is 12.1. The molecule has 1 heterocycles. The number of hydrazine groups is 1. The predicted octanol–water partition coefficient (Wildman–Crippen LogP) is 3.05. The lowest BCUT2D eigenvalue weighted by Crippen LogP contribution is -2.41. The zero-order valence-electron chi connectivity index (χ0n) is 14.0. The molecule has 0 saturated carbocycles. The molecule has 0 saturated heterocycles. The fourth-order valence-electron chi connectivity index (χ4n) is 2.71. The minimum atomic E-state index is -0.0662. The van der Waals surface area contributed by atoms with Crippen molar-refractivity contribution in [1.82, 2.24) is 15.4 Å². The van der Waals surface area contributed by atoms with Crippen molar-refractivity contribution < 1.29 is 4.79 Å². The number of nitrogens with zero attached hydrogens (tertiary/aromatic N) is 1. The van der Waals surface area contributed by atoms with E-state index in [-0.39, 0.29) is 12.5 Å². The van der Waals surface area contributed by atoms with Crippen LogP contribution in [-0.4, -0.2) is 29.5 Å². The van der Waals surface area contributed by atoms with Crippen molar-refractivity contribution in [1.29, 1.82) is 0 Å². The van der Waals surface area contributed by atoms with Crippen LogP contribution in [-0.2, 0) is 11.3 Å². The van der Waals surface area contributed by atoms with Crippen LogP contribution in [0.15, 0.2) is 54.7 Å². The molecule has 0 fully saturated rings. The number of H-pyrrole nitrogens is 1. The lowest BCUT2D eigenvalue weighted by atomic mass is 10.1. The Morgan fingerprint density at radius 3 is 2.83 bits per heavy atom. The highest BCUT2D eigenvalue weighted by molar-refractivity contribution is 5.81. The molecule has 0 bridgehead atoms. The van der Waals surface area contributed by atoms with Crippen molar-refractivity contribution >= 4 is 22.5 Å². The Hall–Kier alpha value is -2.79. The summed E-state index contributed by atoms with van der Waals surface area (Å²) >= 11 is 0. The minimum absolute atomic E-state index is 0.0662. The Bertz CT molecular complexity index is 840. The lowest BCUT2D eigenvalue weighted by molar-refractivity contribution is -0.123. The summed E-state index contributed by atoms with van der Waals surface area (Å²) in [6.45, 7) is 2.91. The van der Waals surface area contributed by atoms with Crippen LogP contribution >= 0.6 is 0 Å². The molecule has 0 aliphatic rings. The summed E-state index contributed by atoms with van der Waals surface area (Å²) in [5, 5.41) is 6.14. The Morgan fingerprint density at radius 2 is 2.00 bits per heavy atom. The van der Waals surface area contributed by atoms with Crippen LogP contribution in [0.1, 0.15) is 11.1 Å². The van der Waals surface area contributed by atoms with Crippen LogP contribution in [0.2, 0.25) is 0 Å². The monoisotopic (exact) mass is 322 g/mol. The van der Waals surface area contributed by atoms with E-state index >= 15 is 0 Å². The highest BCUT2D eigenvalue weighted by Crippen LogP contribution is 2.15. The highest BCUT2D eigenvalue weighted by atomic mass is 16.2. The molecule has 1 aromatic heterocycles. The molecule has 0 aliphatic carbocycles. The van der Waals surface area contributed by atoms with E-state index in [0.29, 0.717) is 6.54 Å². The van der Waals surface area contributed by atoms with Crippen molar-refractivity contribution in [3.8, 4) is 0 Å². The van der Waals surface area contributed by atoms with Gasteiger partial charge in [-0.1, -0.05) is 24.3 Å². The highest BCUT2D eigenvalue weighted by Gasteiger charge is 2.07. The summed E-state index contributed by atoms with van der Waals surface area (Å²) in [5.41, 5.74) is 7.26. The first-order valence-electron chi connectivity index (χ1n) is 7.98. The van der Waals surface area contributed by atoms with Crippen molar-refractivity contribution in [2.24, 2.45) is 0 Å². The minimum Gasteiger partial charge on any atom is -0.376 e. The van der Waals surface area contributed by atoms with E-state index in [1.165, 1.54) is 5.39 Å². The van der Waals surface area contributed by atoms with Gasteiger partial charge in [0.05, 0.1) is 6.54 Å². The lowest BCUT2D eigenvalue weighted by Gasteiger charge is -2.19. The summed E-state index contributed by atoms with van der Waals surface area (Å²) < 4.78 is 0. The first-order valence-corrected chi connectivity index (χ1v) is 7.98. The third kappa shape index (κ3) is 3.94. The fourth-order valence-corrected chi connectivity index (χ4v) is 2.71. The van der Waals surface area contributed by atoms with Gasteiger partial charge >= 0.3 is 0 Å². The number of aryl methyl sites for hydroxylation is 1. The molecule has 2 aromatic carbocycles. The van der Waals surface area contributed by atoms with E-state index < -0.39 is 0 Å². The predicted molar refractivity (Wildman–Crippen MR) is 97.6 cm³/mol. The Balaban J connectivity index is 1.51. The molecule has 1 amide bonds. The molecule has 5 heteroatoms. The molecule has 3 aromatic rings. The number of hydrogen-bond acceptors (Lipinski definition) is 3. The molecule has 24 heavy (non-hydrogen) atoms. The van der Waals surface area contributed by atoms with E-state index in [2.05, 4.69) is 33.9 Å². The van der Waals surface area contributed by atoms with Crippen LogP contribution in [0.3, 0.4) is 0 Å². The molecule has 5 nitrogen and oxygen atoms in total. The maximum absolute atomic E-state index is 12.1. The van der Waals surface area contributed by atoms with Crippen LogP contribution in [0.4, 0.5) is 5.69 Å². The second kappa shape index (κ2) is 7.19. The number of fused-ring (bicyclic) bond motifs is 1. The molecule has 0 aliphatic heterocycles. The van der Waals surface area contributed by atoms with Gasteiger partial charge < -0.3 is 10.3 Å². The number of carbonyl (C=O) groups is 1. The number of benzene rings is 2. The largest absolute Gasteiger partial charge is 0.376 e. The number of nitrogens with one attached hydrogen (secondary N) is 3. The van der Waals surface area contributed by atoms with Crippen molar-refractivity contribution in [2.45, 2.75) is 13.5 Å². The van der Waals surface area contributed by atoms with Gasteiger partial charge in [0.25, 0.3) is 5.91 Å². The van der Waals surface area contributed by atoms with E-state index in [1.807, 2.05) is 50.5 Å². The summed E-state index contributed by atoms with van der Waals surface area (Å²) in [7, 11) is 1.87. The van der Waals surface area contributed by atoms with Crippen LogP contribution in [0, 0.1) is 6.92 Å². The number of anilines is 1. The van der Waals surface area contributed by atoms with Gasteiger partial charge in [-0.3, -0.25) is 10.2 Å². The van der Waals surface area contributed by atoms with Gasteiger partial charge in [-0.15, -0.1) is 0 Å². The standard InChI is InChI=1S/C19H22N4O/c1-14-5-3-4-6-17(14)21-12-19(24)22-23(2)13-15-7-8-18-16(11-15)9-10-20-18/h3-11,20-21H,12-13H2,1-2H3,(H,22,24).